The average molecular weight is 248 g/mol. The number of alkyl halides is 3. The summed E-state index contributed by atoms with van der Waals surface area (Å²) in [5, 5.41) is 0. The van der Waals surface area contributed by atoms with Crippen LogP contribution < -0.4 is 0 Å². The first-order valence-electron chi connectivity index (χ1n) is 4.75. The van der Waals surface area contributed by atoms with Crippen LogP contribution in [0.2, 0.25) is 0 Å². The van der Waals surface area contributed by atoms with Crippen LogP contribution in [-0.4, -0.2) is 12.6 Å². The van der Waals surface area contributed by atoms with Crippen LogP contribution in [0.25, 0.3) is 0 Å². The van der Waals surface area contributed by atoms with Crippen LogP contribution in [0.3, 0.4) is 0 Å². The van der Waals surface area contributed by atoms with Gasteiger partial charge >= 0.3 is 12.1 Å². The van der Waals surface area contributed by atoms with Crippen molar-refractivity contribution in [2.45, 2.75) is 26.9 Å². The van der Waals surface area contributed by atoms with Gasteiger partial charge in [-0.05, 0) is 24.6 Å². The highest BCUT2D eigenvalue weighted by atomic mass is 19.4. The summed E-state index contributed by atoms with van der Waals surface area (Å²) in [6, 6.07) is 4.46. The Labute approximate surface area is 98.4 Å². The number of halogens is 3. The summed E-state index contributed by atoms with van der Waals surface area (Å²) in [6.45, 7) is 1.93. The van der Waals surface area contributed by atoms with E-state index in [4.69, 9.17) is 0 Å². The first kappa shape index (κ1) is 15.5. The number of benzene rings is 1. The summed E-state index contributed by atoms with van der Waals surface area (Å²) in [5.74, 6) is -0.442. The number of ether oxygens (including phenoxy) is 1. The SMILES string of the molecule is C.CCOC(=O)Cc1ccc(C(F)(F)F)cc1. The minimum Gasteiger partial charge on any atom is -0.466 e. The summed E-state index contributed by atoms with van der Waals surface area (Å²) < 4.78 is 41.3. The molecule has 0 N–H and O–H groups in total. The van der Waals surface area contributed by atoms with E-state index in [-0.39, 0.29) is 20.5 Å². The first-order valence-corrected chi connectivity index (χ1v) is 4.75. The molecule has 1 aromatic rings. The molecule has 0 aliphatic rings. The molecule has 0 radical (unpaired) electrons. The highest BCUT2D eigenvalue weighted by molar-refractivity contribution is 5.72. The normalized spacial score (nSPS) is 10.6. The molecule has 0 aliphatic heterocycles. The second-order valence-corrected chi connectivity index (χ2v) is 3.18. The fourth-order valence-electron chi connectivity index (χ4n) is 1.19. The van der Waals surface area contributed by atoms with E-state index in [0.717, 1.165) is 12.1 Å². The molecule has 0 fully saturated rings. The van der Waals surface area contributed by atoms with Crippen molar-refractivity contribution in [3.05, 3.63) is 35.4 Å². The second-order valence-electron chi connectivity index (χ2n) is 3.18. The van der Waals surface area contributed by atoms with Gasteiger partial charge in [0.2, 0.25) is 0 Å². The molecule has 0 saturated heterocycles. The molecule has 0 saturated carbocycles. The Morgan fingerprint density at radius 3 is 2.18 bits per heavy atom. The van der Waals surface area contributed by atoms with Crippen LogP contribution in [0.4, 0.5) is 13.2 Å². The molecule has 0 unspecified atom stereocenters. The van der Waals surface area contributed by atoms with Crippen molar-refractivity contribution in [3.63, 3.8) is 0 Å². The van der Waals surface area contributed by atoms with Gasteiger partial charge in [-0.1, -0.05) is 19.6 Å². The van der Waals surface area contributed by atoms with Gasteiger partial charge in [-0.15, -0.1) is 0 Å². The lowest BCUT2D eigenvalue weighted by atomic mass is 10.1. The molecule has 0 atom stereocenters. The largest absolute Gasteiger partial charge is 0.466 e. The highest BCUT2D eigenvalue weighted by Crippen LogP contribution is 2.29. The molecule has 1 aromatic carbocycles. The van der Waals surface area contributed by atoms with Crippen molar-refractivity contribution in [1.82, 2.24) is 0 Å². The monoisotopic (exact) mass is 248 g/mol. The molecule has 0 aromatic heterocycles. The smallest absolute Gasteiger partial charge is 0.416 e. The van der Waals surface area contributed by atoms with Crippen LogP contribution in [0.15, 0.2) is 24.3 Å². The number of carbonyl (C=O) groups is 1. The van der Waals surface area contributed by atoms with Crippen molar-refractivity contribution in [3.8, 4) is 0 Å². The van der Waals surface area contributed by atoms with E-state index < -0.39 is 17.7 Å². The highest BCUT2D eigenvalue weighted by Gasteiger charge is 2.29. The Hall–Kier alpha value is -1.52. The van der Waals surface area contributed by atoms with Gasteiger partial charge in [0.1, 0.15) is 0 Å². The predicted molar refractivity (Wildman–Crippen MR) is 58.5 cm³/mol. The maximum Gasteiger partial charge on any atom is 0.416 e. The van der Waals surface area contributed by atoms with Gasteiger partial charge in [-0.25, -0.2) is 0 Å². The molecule has 5 heteroatoms. The predicted octanol–water partition coefficient (Wildman–Crippen LogP) is 3.45. The summed E-state index contributed by atoms with van der Waals surface area (Å²) in [7, 11) is 0. The standard InChI is InChI=1S/C11H11F3O2.CH4/c1-2-16-10(15)7-8-3-5-9(6-4-8)11(12,13)14;/h3-6H,2,7H2,1H3;1H4. The van der Waals surface area contributed by atoms with Crippen LogP contribution in [0, 0.1) is 0 Å². The number of hydrogen-bond donors (Lipinski definition) is 0. The molecule has 0 amide bonds. The Morgan fingerprint density at radius 2 is 1.76 bits per heavy atom. The fourth-order valence-corrected chi connectivity index (χ4v) is 1.19. The molecule has 0 aliphatic carbocycles. The molecule has 2 nitrogen and oxygen atoms in total. The Morgan fingerprint density at radius 1 is 1.24 bits per heavy atom. The van der Waals surface area contributed by atoms with Crippen molar-refractivity contribution >= 4 is 5.97 Å². The minimum atomic E-state index is -4.34. The van der Waals surface area contributed by atoms with Gasteiger partial charge in [0.25, 0.3) is 0 Å². The Kier molecular flexibility index (Phi) is 5.71. The molecular weight excluding hydrogens is 233 g/mol. The van der Waals surface area contributed by atoms with Gasteiger partial charge in [0.15, 0.2) is 0 Å². The Balaban J connectivity index is 0.00000256. The van der Waals surface area contributed by atoms with Gasteiger partial charge in [-0.3, -0.25) is 4.79 Å². The lowest BCUT2D eigenvalue weighted by Gasteiger charge is -2.07. The van der Waals surface area contributed by atoms with Crippen molar-refractivity contribution in [2.75, 3.05) is 6.61 Å². The second kappa shape index (κ2) is 6.27. The third-order valence-corrected chi connectivity index (χ3v) is 1.94. The third kappa shape index (κ3) is 4.89. The molecular formula is C12H15F3O2. The lowest BCUT2D eigenvalue weighted by molar-refractivity contribution is -0.142. The van der Waals surface area contributed by atoms with E-state index >= 15 is 0 Å². The van der Waals surface area contributed by atoms with Gasteiger partial charge < -0.3 is 4.74 Å². The number of carbonyl (C=O) groups excluding carboxylic acids is 1. The van der Waals surface area contributed by atoms with E-state index in [0.29, 0.717) is 5.56 Å². The van der Waals surface area contributed by atoms with Crippen LogP contribution in [-0.2, 0) is 22.1 Å². The van der Waals surface area contributed by atoms with E-state index in [1.54, 1.807) is 6.92 Å². The van der Waals surface area contributed by atoms with Crippen LogP contribution in [0.5, 0.6) is 0 Å². The summed E-state index contributed by atoms with van der Waals surface area (Å²) in [5.41, 5.74) is -0.216. The topological polar surface area (TPSA) is 26.3 Å². The third-order valence-electron chi connectivity index (χ3n) is 1.94. The maximum absolute atomic E-state index is 12.2. The lowest BCUT2D eigenvalue weighted by Crippen LogP contribution is -2.08. The zero-order valence-corrected chi connectivity index (χ0v) is 8.67. The molecule has 96 valence electrons. The molecule has 0 bridgehead atoms. The zero-order chi connectivity index (χ0) is 12.2. The number of esters is 1. The summed E-state index contributed by atoms with van der Waals surface area (Å²) in [4.78, 5) is 11.0. The van der Waals surface area contributed by atoms with Gasteiger partial charge in [-0.2, -0.15) is 13.2 Å². The van der Waals surface area contributed by atoms with E-state index in [1.165, 1.54) is 12.1 Å². The van der Waals surface area contributed by atoms with E-state index in [9.17, 15) is 18.0 Å². The maximum atomic E-state index is 12.2. The molecule has 17 heavy (non-hydrogen) atoms. The number of hydrogen-bond acceptors (Lipinski definition) is 2. The summed E-state index contributed by atoms with van der Waals surface area (Å²) in [6.07, 6.45) is -4.35. The van der Waals surface area contributed by atoms with E-state index in [2.05, 4.69) is 4.74 Å². The molecule has 0 spiro atoms. The van der Waals surface area contributed by atoms with Crippen LogP contribution >= 0.6 is 0 Å². The van der Waals surface area contributed by atoms with Crippen LogP contribution in [0.1, 0.15) is 25.5 Å². The van der Waals surface area contributed by atoms with Crippen molar-refractivity contribution in [2.24, 2.45) is 0 Å². The minimum absolute atomic E-state index is 0. The number of rotatable bonds is 3. The van der Waals surface area contributed by atoms with E-state index in [1.807, 2.05) is 0 Å². The Bertz CT molecular complexity index is 355. The molecule has 0 heterocycles. The first-order chi connectivity index (χ1) is 7.43. The van der Waals surface area contributed by atoms with Crippen molar-refractivity contribution in [1.29, 1.82) is 0 Å². The molecule has 1 rings (SSSR count). The quantitative estimate of drug-likeness (QED) is 0.766. The van der Waals surface area contributed by atoms with Crippen molar-refractivity contribution < 1.29 is 22.7 Å². The zero-order valence-electron chi connectivity index (χ0n) is 8.67. The van der Waals surface area contributed by atoms with Gasteiger partial charge in [0, 0.05) is 0 Å². The average Bonchev–Trinajstić information content (AvgIpc) is 2.17. The van der Waals surface area contributed by atoms with Gasteiger partial charge in [0.05, 0.1) is 18.6 Å². The fraction of sp³-hybridized carbons (Fsp3) is 0.417. The summed E-state index contributed by atoms with van der Waals surface area (Å²) >= 11 is 0.